The van der Waals surface area contributed by atoms with E-state index in [0.29, 0.717) is 17.5 Å². The van der Waals surface area contributed by atoms with Crippen molar-refractivity contribution in [3.05, 3.63) is 29.8 Å². The van der Waals surface area contributed by atoms with Crippen molar-refractivity contribution in [2.75, 3.05) is 0 Å². The van der Waals surface area contributed by atoms with Crippen molar-refractivity contribution >= 4 is 11.8 Å². The third-order valence-electron chi connectivity index (χ3n) is 3.03. The Kier molecular flexibility index (Phi) is 3.78. The predicted octanol–water partition coefficient (Wildman–Crippen LogP) is 2.85. The van der Waals surface area contributed by atoms with Gasteiger partial charge in [-0.15, -0.1) is 10.2 Å². The zero-order valence-electron chi connectivity index (χ0n) is 12.0. The Labute approximate surface area is 125 Å². The Morgan fingerprint density at radius 3 is 2.76 bits per heavy atom. The molecule has 21 heavy (non-hydrogen) atoms. The van der Waals surface area contributed by atoms with Crippen molar-refractivity contribution in [3.8, 4) is 11.4 Å². The molecule has 0 spiro atoms. The van der Waals surface area contributed by atoms with Gasteiger partial charge in [0.2, 0.25) is 5.89 Å². The molecule has 3 aromatic heterocycles. The lowest BCUT2D eigenvalue weighted by Crippen LogP contribution is -2.00. The van der Waals surface area contributed by atoms with Crippen molar-refractivity contribution in [3.63, 3.8) is 0 Å². The molecule has 0 unspecified atom stereocenters. The molecule has 8 heteroatoms. The van der Waals surface area contributed by atoms with E-state index in [1.807, 2.05) is 17.6 Å². The van der Waals surface area contributed by atoms with E-state index in [2.05, 4.69) is 27.3 Å². The molecule has 0 atom stereocenters. The van der Waals surface area contributed by atoms with Crippen LogP contribution in [0.4, 0.5) is 0 Å². The maximum atomic E-state index is 5.34. The molecular weight excluding hydrogens is 290 g/mol. The number of furan rings is 1. The van der Waals surface area contributed by atoms with Crippen LogP contribution in [0.25, 0.3) is 11.4 Å². The van der Waals surface area contributed by atoms with Crippen LogP contribution in [0.3, 0.4) is 0 Å². The lowest BCUT2D eigenvalue weighted by Gasteiger charge is -2.05. The molecule has 3 rings (SSSR count). The minimum absolute atomic E-state index is 0.573. The van der Waals surface area contributed by atoms with Crippen molar-refractivity contribution in [2.45, 2.75) is 38.2 Å². The molecule has 0 amide bonds. The fourth-order valence-electron chi connectivity index (χ4n) is 2.02. The lowest BCUT2D eigenvalue weighted by atomic mass is 10.2. The first-order chi connectivity index (χ1) is 10.2. The molecule has 0 saturated carbocycles. The third kappa shape index (κ3) is 2.71. The molecule has 0 bridgehead atoms. The van der Waals surface area contributed by atoms with Crippen LogP contribution >= 0.6 is 11.8 Å². The Balaban J connectivity index is 1.83. The number of hydrogen-bond acceptors (Lipinski definition) is 7. The topological polar surface area (TPSA) is 82.8 Å². The highest BCUT2D eigenvalue weighted by atomic mass is 32.2. The van der Waals surface area contributed by atoms with Gasteiger partial charge in [-0.05, 0) is 26.8 Å². The zero-order valence-corrected chi connectivity index (χ0v) is 12.8. The molecule has 0 N–H and O–H groups in total. The van der Waals surface area contributed by atoms with E-state index in [0.717, 1.165) is 28.8 Å². The average Bonchev–Trinajstić information content (AvgIpc) is 3.16. The Bertz CT molecular complexity index is 745. The quantitative estimate of drug-likeness (QED) is 0.670. The minimum Gasteiger partial charge on any atom is -0.469 e. The van der Waals surface area contributed by atoms with Crippen LogP contribution in [0, 0.1) is 13.8 Å². The number of aromatic nitrogens is 5. The summed E-state index contributed by atoms with van der Waals surface area (Å²) in [5, 5.41) is 13.1. The summed E-state index contributed by atoms with van der Waals surface area (Å²) in [5.41, 5.74) is 0.963. The van der Waals surface area contributed by atoms with Crippen molar-refractivity contribution < 1.29 is 8.94 Å². The Morgan fingerprint density at radius 1 is 1.29 bits per heavy atom. The first-order valence-electron chi connectivity index (χ1n) is 6.58. The Morgan fingerprint density at radius 2 is 2.14 bits per heavy atom. The lowest BCUT2D eigenvalue weighted by molar-refractivity contribution is 0.387. The van der Waals surface area contributed by atoms with E-state index >= 15 is 0 Å². The van der Waals surface area contributed by atoms with E-state index in [1.54, 1.807) is 13.2 Å². The summed E-state index contributed by atoms with van der Waals surface area (Å²) in [7, 11) is 0. The van der Waals surface area contributed by atoms with Gasteiger partial charge in [-0.25, -0.2) is 0 Å². The second kappa shape index (κ2) is 5.72. The highest BCUT2D eigenvalue weighted by Crippen LogP contribution is 2.28. The van der Waals surface area contributed by atoms with Gasteiger partial charge in [0, 0.05) is 6.54 Å². The largest absolute Gasteiger partial charge is 0.469 e. The highest BCUT2D eigenvalue weighted by Gasteiger charge is 2.17. The van der Waals surface area contributed by atoms with E-state index in [9.17, 15) is 0 Å². The van der Waals surface area contributed by atoms with Gasteiger partial charge in [-0.3, -0.25) is 0 Å². The molecule has 0 aromatic carbocycles. The standard InChI is InChI=1S/C13H15N5O2S/c1-4-18-12(10-5-6-19-8(10)2)15-16-13(18)21-7-11-14-9(3)17-20-11/h5-6H,4,7H2,1-3H3. The summed E-state index contributed by atoms with van der Waals surface area (Å²) in [5.74, 6) is 3.44. The van der Waals surface area contributed by atoms with Crippen LogP contribution in [0.15, 0.2) is 26.4 Å². The summed E-state index contributed by atoms with van der Waals surface area (Å²) in [4.78, 5) is 4.18. The summed E-state index contributed by atoms with van der Waals surface area (Å²) in [6.07, 6.45) is 1.66. The fourth-order valence-corrected chi connectivity index (χ4v) is 2.86. The minimum atomic E-state index is 0.573. The first-order valence-corrected chi connectivity index (χ1v) is 7.57. The van der Waals surface area contributed by atoms with Crippen LogP contribution in [0.5, 0.6) is 0 Å². The van der Waals surface area contributed by atoms with E-state index in [-0.39, 0.29) is 0 Å². The average molecular weight is 305 g/mol. The normalized spacial score (nSPS) is 11.2. The SMILES string of the molecule is CCn1c(SCc2nc(C)no2)nnc1-c1ccoc1C. The van der Waals surface area contributed by atoms with Gasteiger partial charge in [0.05, 0.1) is 17.6 Å². The van der Waals surface area contributed by atoms with Crippen LogP contribution in [-0.4, -0.2) is 24.9 Å². The van der Waals surface area contributed by atoms with Crippen LogP contribution in [0.2, 0.25) is 0 Å². The van der Waals surface area contributed by atoms with Gasteiger partial charge in [-0.1, -0.05) is 16.9 Å². The number of thioether (sulfide) groups is 1. The summed E-state index contributed by atoms with van der Waals surface area (Å²) in [6, 6.07) is 1.90. The maximum Gasteiger partial charge on any atom is 0.237 e. The van der Waals surface area contributed by atoms with Gasteiger partial charge in [0.1, 0.15) is 5.76 Å². The van der Waals surface area contributed by atoms with Crippen molar-refractivity contribution in [2.24, 2.45) is 0 Å². The molecule has 3 heterocycles. The number of aryl methyl sites for hydroxylation is 2. The maximum absolute atomic E-state index is 5.34. The predicted molar refractivity (Wildman–Crippen MR) is 76.7 cm³/mol. The Hall–Kier alpha value is -2.09. The molecule has 0 saturated heterocycles. The first kappa shape index (κ1) is 13.9. The molecule has 0 radical (unpaired) electrons. The van der Waals surface area contributed by atoms with Crippen molar-refractivity contribution in [1.82, 2.24) is 24.9 Å². The number of hydrogen-bond donors (Lipinski definition) is 0. The second-order valence-electron chi connectivity index (χ2n) is 4.46. The molecular formula is C13H15N5O2S. The van der Waals surface area contributed by atoms with Gasteiger partial charge < -0.3 is 13.5 Å². The van der Waals surface area contributed by atoms with Gasteiger partial charge >= 0.3 is 0 Å². The molecule has 3 aromatic rings. The van der Waals surface area contributed by atoms with E-state index in [4.69, 9.17) is 8.94 Å². The summed E-state index contributed by atoms with van der Waals surface area (Å²) >= 11 is 1.52. The van der Waals surface area contributed by atoms with E-state index in [1.165, 1.54) is 11.8 Å². The molecule has 0 fully saturated rings. The smallest absolute Gasteiger partial charge is 0.237 e. The van der Waals surface area contributed by atoms with Crippen LogP contribution in [-0.2, 0) is 12.3 Å². The van der Waals surface area contributed by atoms with Crippen molar-refractivity contribution in [1.29, 1.82) is 0 Å². The summed E-state index contributed by atoms with van der Waals surface area (Å²) in [6.45, 7) is 6.55. The van der Waals surface area contributed by atoms with Crippen LogP contribution in [0.1, 0.15) is 24.4 Å². The summed E-state index contributed by atoms with van der Waals surface area (Å²) < 4.78 is 12.5. The highest BCUT2D eigenvalue weighted by molar-refractivity contribution is 7.98. The van der Waals surface area contributed by atoms with Gasteiger partial charge in [0.15, 0.2) is 16.8 Å². The molecule has 0 aliphatic carbocycles. The van der Waals surface area contributed by atoms with Crippen LogP contribution < -0.4 is 0 Å². The second-order valence-corrected chi connectivity index (χ2v) is 5.41. The molecule has 7 nitrogen and oxygen atoms in total. The molecule has 110 valence electrons. The fraction of sp³-hybridized carbons (Fsp3) is 0.385. The zero-order chi connectivity index (χ0) is 14.8. The third-order valence-corrected chi connectivity index (χ3v) is 3.98. The van der Waals surface area contributed by atoms with Gasteiger partial charge in [0.25, 0.3) is 0 Å². The monoisotopic (exact) mass is 305 g/mol. The molecule has 0 aliphatic heterocycles. The van der Waals surface area contributed by atoms with E-state index < -0.39 is 0 Å². The number of rotatable bonds is 5. The molecule has 0 aliphatic rings. The number of nitrogens with zero attached hydrogens (tertiary/aromatic N) is 5. The van der Waals surface area contributed by atoms with Gasteiger partial charge in [-0.2, -0.15) is 4.98 Å².